The average molecular weight is 167 g/mol. The number of hydrogen-bond donors (Lipinski definition) is 0. The lowest BCUT2D eigenvalue weighted by atomic mass is 9.97. The molecule has 1 aromatic rings. The summed E-state index contributed by atoms with van der Waals surface area (Å²) >= 11 is 0. The van der Waals surface area contributed by atoms with Crippen LogP contribution in [0.4, 0.5) is 0 Å². The SMILES string of the molecule is CN=Cc1noc(C(C)(C)C)n1. The highest BCUT2D eigenvalue weighted by Gasteiger charge is 2.20. The zero-order chi connectivity index (χ0) is 9.19. The van der Waals surface area contributed by atoms with Gasteiger partial charge in [0, 0.05) is 12.5 Å². The maximum Gasteiger partial charge on any atom is 0.232 e. The summed E-state index contributed by atoms with van der Waals surface area (Å²) in [5.74, 6) is 1.17. The normalized spacial score (nSPS) is 12.7. The van der Waals surface area contributed by atoms with E-state index >= 15 is 0 Å². The van der Waals surface area contributed by atoms with Gasteiger partial charge in [0.25, 0.3) is 0 Å². The molecule has 4 nitrogen and oxygen atoms in total. The van der Waals surface area contributed by atoms with Gasteiger partial charge in [-0.25, -0.2) is 0 Å². The van der Waals surface area contributed by atoms with Gasteiger partial charge in [-0.1, -0.05) is 25.9 Å². The molecule has 0 bridgehead atoms. The van der Waals surface area contributed by atoms with Gasteiger partial charge in [0.1, 0.15) is 0 Å². The lowest BCUT2D eigenvalue weighted by Crippen LogP contribution is -2.11. The molecule has 0 aliphatic heterocycles. The van der Waals surface area contributed by atoms with Crippen LogP contribution in [-0.2, 0) is 5.41 Å². The van der Waals surface area contributed by atoms with E-state index in [1.165, 1.54) is 0 Å². The first-order valence-corrected chi connectivity index (χ1v) is 3.80. The smallest absolute Gasteiger partial charge is 0.232 e. The molecule has 0 saturated carbocycles. The molecule has 0 N–H and O–H groups in total. The zero-order valence-electron chi connectivity index (χ0n) is 7.83. The Morgan fingerprint density at radius 2 is 2.08 bits per heavy atom. The van der Waals surface area contributed by atoms with Crippen molar-refractivity contribution < 1.29 is 4.52 Å². The first-order valence-electron chi connectivity index (χ1n) is 3.80. The Kier molecular flexibility index (Phi) is 2.26. The second-order valence-corrected chi connectivity index (χ2v) is 3.60. The Morgan fingerprint density at radius 1 is 1.42 bits per heavy atom. The Hall–Kier alpha value is -1.19. The van der Waals surface area contributed by atoms with Crippen molar-refractivity contribution in [2.45, 2.75) is 26.2 Å². The molecule has 4 heteroatoms. The van der Waals surface area contributed by atoms with Crippen LogP contribution in [0.5, 0.6) is 0 Å². The van der Waals surface area contributed by atoms with Gasteiger partial charge in [-0.3, -0.25) is 4.99 Å². The Labute approximate surface area is 71.7 Å². The minimum Gasteiger partial charge on any atom is -0.338 e. The zero-order valence-corrected chi connectivity index (χ0v) is 7.83. The molecule has 1 heterocycles. The van der Waals surface area contributed by atoms with Crippen molar-refractivity contribution in [3.05, 3.63) is 11.7 Å². The van der Waals surface area contributed by atoms with Gasteiger partial charge in [-0.15, -0.1) is 0 Å². The van der Waals surface area contributed by atoms with Gasteiger partial charge < -0.3 is 4.52 Å². The van der Waals surface area contributed by atoms with E-state index in [2.05, 4.69) is 15.1 Å². The van der Waals surface area contributed by atoms with E-state index in [9.17, 15) is 0 Å². The first kappa shape index (κ1) is 8.90. The van der Waals surface area contributed by atoms with Crippen LogP contribution >= 0.6 is 0 Å². The number of hydrogen-bond acceptors (Lipinski definition) is 4. The molecule has 66 valence electrons. The summed E-state index contributed by atoms with van der Waals surface area (Å²) in [5.41, 5.74) is -0.0904. The van der Waals surface area contributed by atoms with Gasteiger partial charge >= 0.3 is 0 Å². The first-order chi connectivity index (χ1) is 5.54. The number of aliphatic imine (C=N–C) groups is 1. The van der Waals surface area contributed by atoms with E-state index in [1.807, 2.05) is 20.8 Å². The van der Waals surface area contributed by atoms with Crippen LogP contribution in [0.3, 0.4) is 0 Å². The molecule has 0 aliphatic carbocycles. The molecule has 0 radical (unpaired) electrons. The summed E-state index contributed by atoms with van der Waals surface area (Å²) < 4.78 is 5.03. The van der Waals surface area contributed by atoms with Gasteiger partial charge in [-0.2, -0.15) is 4.98 Å². The molecule has 0 aromatic carbocycles. The lowest BCUT2D eigenvalue weighted by Gasteiger charge is -2.10. The molecule has 1 rings (SSSR count). The molecule has 0 spiro atoms. The van der Waals surface area contributed by atoms with Gasteiger partial charge in [0.2, 0.25) is 11.7 Å². The van der Waals surface area contributed by atoms with Gasteiger partial charge in [0.05, 0.1) is 6.21 Å². The van der Waals surface area contributed by atoms with Gasteiger partial charge in [0.15, 0.2) is 0 Å². The van der Waals surface area contributed by atoms with E-state index in [-0.39, 0.29) is 5.41 Å². The second kappa shape index (κ2) is 3.05. The quantitative estimate of drug-likeness (QED) is 0.594. The molecule has 0 unspecified atom stereocenters. The van der Waals surface area contributed by atoms with E-state index in [0.29, 0.717) is 11.7 Å². The molecule has 0 aliphatic rings. The molecule has 0 amide bonds. The van der Waals surface area contributed by atoms with E-state index in [1.54, 1.807) is 13.3 Å². The summed E-state index contributed by atoms with van der Waals surface area (Å²) in [4.78, 5) is 7.94. The summed E-state index contributed by atoms with van der Waals surface area (Å²) in [6, 6.07) is 0. The van der Waals surface area contributed by atoms with Crippen molar-refractivity contribution >= 4 is 6.21 Å². The van der Waals surface area contributed by atoms with Crippen LogP contribution in [0.15, 0.2) is 9.52 Å². The highest BCUT2D eigenvalue weighted by molar-refractivity contribution is 5.73. The Balaban J connectivity index is 2.92. The van der Waals surface area contributed by atoms with Crippen molar-refractivity contribution in [1.29, 1.82) is 0 Å². The van der Waals surface area contributed by atoms with E-state index in [4.69, 9.17) is 4.52 Å². The maximum absolute atomic E-state index is 5.03. The van der Waals surface area contributed by atoms with E-state index < -0.39 is 0 Å². The predicted octanol–water partition coefficient (Wildman–Crippen LogP) is 1.42. The fourth-order valence-electron chi connectivity index (χ4n) is 0.707. The minimum atomic E-state index is -0.0904. The third-order valence-corrected chi connectivity index (χ3v) is 1.33. The van der Waals surface area contributed by atoms with Crippen molar-refractivity contribution in [1.82, 2.24) is 10.1 Å². The molecule has 0 atom stereocenters. The molecule has 12 heavy (non-hydrogen) atoms. The highest BCUT2D eigenvalue weighted by atomic mass is 16.5. The third kappa shape index (κ3) is 1.90. The maximum atomic E-state index is 5.03. The number of rotatable bonds is 1. The van der Waals surface area contributed by atoms with Crippen LogP contribution in [0.1, 0.15) is 32.5 Å². The minimum absolute atomic E-state index is 0.0904. The van der Waals surface area contributed by atoms with Crippen molar-refractivity contribution in [2.75, 3.05) is 7.05 Å². The number of aromatic nitrogens is 2. The standard InChI is InChI=1S/C8H13N3O/c1-8(2,3)7-10-6(5-9-4)11-12-7/h5H,1-4H3. The molecule has 1 aromatic heterocycles. The topological polar surface area (TPSA) is 51.3 Å². The lowest BCUT2D eigenvalue weighted by molar-refractivity contribution is 0.320. The van der Waals surface area contributed by atoms with Crippen LogP contribution in [0.25, 0.3) is 0 Å². The largest absolute Gasteiger partial charge is 0.338 e. The molecular formula is C8H13N3O. The summed E-state index contributed by atoms with van der Waals surface area (Å²) in [6.07, 6.45) is 1.57. The fourth-order valence-corrected chi connectivity index (χ4v) is 0.707. The summed E-state index contributed by atoms with van der Waals surface area (Å²) in [7, 11) is 1.67. The van der Waals surface area contributed by atoms with Crippen molar-refractivity contribution in [3.63, 3.8) is 0 Å². The summed E-state index contributed by atoms with van der Waals surface area (Å²) in [6.45, 7) is 6.06. The third-order valence-electron chi connectivity index (χ3n) is 1.33. The average Bonchev–Trinajstić information content (AvgIpc) is 2.35. The summed E-state index contributed by atoms with van der Waals surface area (Å²) in [5, 5.41) is 3.74. The van der Waals surface area contributed by atoms with Crippen molar-refractivity contribution in [3.8, 4) is 0 Å². The number of nitrogens with zero attached hydrogens (tertiary/aromatic N) is 3. The Morgan fingerprint density at radius 3 is 2.50 bits per heavy atom. The van der Waals surface area contributed by atoms with Crippen LogP contribution < -0.4 is 0 Å². The highest BCUT2D eigenvalue weighted by Crippen LogP contribution is 2.18. The van der Waals surface area contributed by atoms with E-state index in [0.717, 1.165) is 0 Å². The van der Waals surface area contributed by atoms with Gasteiger partial charge in [-0.05, 0) is 0 Å². The Bertz CT molecular complexity index is 283. The second-order valence-electron chi connectivity index (χ2n) is 3.60. The monoisotopic (exact) mass is 167 g/mol. The molecule has 0 saturated heterocycles. The fraction of sp³-hybridized carbons (Fsp3) is 0.625. The van der Waals surface area contributed by atoms with Crippen molar-refractivity contribution in [2.24, 2.45) is 4.99 Å². The molecule has 0 fully saturated rings. The molecular weight excluding hydrogens is 154 g/mol. The van der Waals surface area contributed by atoms with Crippen LogP contribution in [-0.4, -0.2) is 23.4 Å². The van der Waals surface area contributed by atoms with Crippen LogP contribution in [0.2, 0.25) is 0 Å². The van der Waals surface area contributed by atoms with Crippen LogP contribution in [0, 0.1) is 0 Å². The predicted molar refractivity (Wildman–Crippen MR) is 46.5 cm³/mol.